The van der Waals surface area contributed by atoms with Crippen LogP contribution in [0, 0.1) is 0 Å². The van der Waals surface area contributed by atoms with E-state index >= 15 is 0 Å². The summed E-state index contributed by atoms with van der Waals surface area (Å²) in [6.45, 7) is 2.65. The summed E-state index contributed by atoms with van der Waals surface area (Å²) in [6, 6.07) is 7.48. The van der Waals surface area contributed by atoms with Crippen molar-refractivity contribution in [3.63, 3.8) is 0 Å². The van der Waals surface area contributed by atoms with Crippen LogP contribution in [0.5, 0.6) is 0 Å². The maximum atomic E-state index is 9.92. The summed E-state index contributed by atoms with van der Waals surface area (Å²) in [4.78, 5) is 0. The summed E-state index contributed by atoms with van der Waals surface area (Å²) in [5.74, 6) is 1.46. The molecule has 0 aromatic carbocycles. The highest BCUT2D eigenvalue weighted by molar-refractivity contribution is 9.10. The van der Waals surface area contributed by atoms with Crippen molar-refractivity contribution in [3.05, 3.63) is 46.7 Å². The molecule has 98 valence electrons. The van der Waals surface area contributed by atoms with Gasteiger partial charge in [0.1, 0.15) is 17.6 Å². The Bertz CT molecular complexity index is 466. The monoisotopic (exact) mass is 313 g/mol. The summed E-state index contributed by atoms with van der Waals surface area (Å²) in [5.41, 5.74) is 0. The molecule has 0 saturated carbocycles. The van der Waals surface area contributed by atoms with Crippen molar-refractivity contribution in [2.24, 2.45) is 0 Å². The summed E-state index contributed by atoms with van der Waals surface area (Å²) in [5, 5.41) is 13.2. The molecule has 0 bridgehead atoms. The van der Waals surface area contributed by atoms with E-state index in [1.807, 2.05) is 19.1 Å². The van der Waals surface area contributed by atoms with E-state index < -0.39 is 6.10 Å². The first kappa shape index (κ1) is 13.4. The lowest BCUT2D eigenvalue weighted by Crippen LogP contribution is -2.27. The number of hydrogen-bond donors (Lipinski definition) is 2. The van der Waals surface area contributed by atoms with Crippen LogP contribution in [-0.2, 0) is 6.54 Å². The van der Waals surface area contributed by atoms with E-state index in [0.29, 0.717) is 18.7 Å². The maximum absolute atomic E-state index is 9.92. The fourth-order valence-corrected chi connectivity index (χ4v) is 2.08. The molecule has 4 nitrogen and oxygen atoms in total. The molecule has 2 heterocycles. The molecule has 2 unspecified atom stereocenters. The third-order valence-electron chi connectivity index (χ3n) is 2.70. The number of nitrogens with one attached hydrogen (secondary N) is 1. The minimum Gasteiger partial charge on any atom is -0.467 e. The number of aliphatic hydroxyl groups is 1. The SMILES string of the molecule is CC(CC(O)c1ccco1)NCc1ccc(Br)o1. The maximum Gasteiger partial charge on any atom is 0.169 e. The van der Waals surface area contributed by atoms with Crippen molar-refractivity contribution in [2.45, 2.75) is 32.0 Å². The van der Waals surface area contributed by atoms with Gasteiger partial charge in [0, 0.05) is 6.04 Å². The predicted octanol–water partition coefficient (Wildman–Crippen LogP) is 3.24. The van der Waals surface area contributed by atoms with E-state index in [2.05, 4.69) is 21.2 Å². The van der Waals surface area contributed by atoms with Gasteiger partial charge >= 0.3 is 0 Å². The van der Waals surface area contributed by atoms with Gasteiger partial charge in [-0.15, -0.1) is 0 Å². The van der Waals surface area contributed by atoms with Gasteiger partial charge in [0.05, 0.1) is 12.8 Å². The summed E-state index contributed by atoms with van der Waals surface area (Å²) < 4.78 is 11.3. The van der Waals surface area contributed by atoms with E-state index in [0.717, 1.165) is 10.4 Å². The second kappa shape index (κ2) is 6.22. The van der Waals surface area contributed by atoms with Crippen LogP contribution in [0.25, 0.3) is 0 Å². The number of hydrogen-bond acceptors (Lipinski definition) is 4. The first-order chi connectivity index (χ1) is 8.65. The molecule has 0 aliphatic rings. The third-order valence-corrected chi connectivity index (χ3v) is 3.13. The molecule has 2 atom stereocenters. The van der Waals surface area contributed by atoms with Crippen molar-refractivity contribution >= 4 is 15.9 Å². The van der Waals surface area contributed by atoms with Gasteiger partial charge in [0.2, 0.25) is 0 Å². The van der Waals surface area contributed by atoms with Crippen LogP contribution < -0.4 is 5.32 Å². The molecule has 2 aromatic heterocycles. The minimum atomic E-state index is -0.578. The summed E-state index contributed by atoms with van der Waals surface area (Å²) in [6.07, 6.45) is 1.58. The molecule has 0 radical (unpaired) electrons. The van der Waals surface area contributed by atoms with Crippen LogP contribution in [-0.4, -0.2) is 11.1 Å². The number of furan rings is 2. The Morgan fingerprint density at radius 2 is 2.22 bits per heavy atom. The highest BCUT2D eigenvalue weighted by atomic mass is 79.9. The molecular formula is C13H16BrNO3. The average Bonchev–Trinajstić information content (AvgIpc) is 2.97. The fraction of sp³-hybridized carbons (Fsp3) is 0.385. The van der Waals surface area contributed by atoms with Gasteiger partial charge < -0.3 is 19.3 Å². The minimum absolute atomic E-state index is 0.161. The smallest absolute Gasteiger partial charge is 0.169 e. The Hall–Kier alpha value is -1.04. The average molecular weight is 314 g/mol. The normalized spacial score (nSPS) is 14.6. The Morgan fingerprint density at radius 3 is 2.83 bits per heavy atom. The molecule has 0 aliphatic heterocycles. The van der Waals surface area contributed by atoms with Gasteiger partial charge in [-0.3, -0.25) is 0 Å². The molecule has 0 aliphatic carbocycles. The van der Waals surface area contributed by atoms with E-state index in [-0.39, 0.29) is 6.04 Å². The molecule has 0 amide bonds. The molecule has 0 spiro atoms. The Morgan fingerprint density at radius 1 is 1.39 bits per heavy atom. The number of rotatable bonds is 6. The van der Waals surface area contributed by atoms with Crippen LogP contribution >= 0.6 is 15.9 Å². The van der Waals surface area contributed by atoms with E-state index in [4.69, 9.17) is 8.83 Å². The quantitative estimate of drug-likeness (QED) is 0.859. The van der Waals surface area contributed by atoms with Gasteiger partial charge in [-0.05, 0) is 53.5 Å². The molecule has 0 saturated heterocycles. The molecule has 5 heteroatoms. The highest BCUT2D eigenvalue weighted by Crippen LogP contribution is 2.19. The molecule has 0 fully saturated rings. The van der Waals surface area contributed by atoms with Crippen molar-refractivity contribution < 1.29 is 13.9 Å². The molecular weight excluding hydrogens is 298 g/mol. The topological polar surface area (TPSA) is 58.5 Å². The lowest BCUT2D eigenvalue weighted by atomic mass is 10.1. The van der Waals surface area contributed by atoms with Gasteiger partial charge in [-0.25, -0.2) is 0 Å². The van der Waals surface area contributed by atoms with Gasteiger partial charge in [-0.2, -0.15) is 0 Å². The highest BCUT2D eigenvalue weighted by Gasteiger charge is 2.14. The zero-order valence-electron chi connectivity index (χ0n) is 10.1. The van der Waals surface area contributed by atoms with Crippen LogP contribution in [0.3, 0.4) is 0 Å². The van der Waals surface area contributed by atoms with Crippen LogP contribution in [0.1, 0.15) is 31.0 Å². The predicted molar refractivity (Wildman–Crippen MR) is 71.0 cm³/mol. The second-order valence-corrected chi connectivity index (χ2v) is 5.04. The Labute approximate surface area is 114 Å². The Balaban J connectivity index is 1.76. The molecule has 2 aromatic rings. The van der Waals surface area contributed by atoms with E-state index in [1.165, 1.54) is 0 Å². The lowest BCUT2D eigenvalue weighted by molar-refractivity contribution is 0.128. The van der Waals surface area contributed by atoms with E-state index in [9.17, 15) is 5.11 Å². The first-order valence-electron chi connectivity index (χ1n) is 5.84. The molecule has 2 rings (SSSR count). The summed E-state index contributed by atoms with van der Waals surface area (Å²) >= 11 is 3.26. The van der Waals surface area contributed by atoms with Gasteiger partial charge in [0.15, 0.2) is 4.67 Å². The molecule has 18 heavy (non-hydrogen) atoms. The van der Waals surface area contributed by atoms with Crippen molar-refractivity contribution in [3.8, 4) is 0 Å². The summed E-state index contributed by atoms with van der Waals surface area (Å²) in [7, 11) is 0. The van der Waals surface area contributed by atoms with Crippen molar-refractivity contribution in [1.82, 2.24) is 5.32 Å². The lowest BCUT2D eigenvalue weighted by Gasteiger charge is -2.15. The fourth-order valence-electron chi connectivity index (χ4n) is 1.74. The second-order valence-electron chi connectivity index (χ2n) is 4.25. The number of aliphatic hydroxyl groups excluding tert-OH is 1. The first-order valence-corrected chi connectivity index (χ1v) is 6.63. The van der Waals surface area contributed by atoms with Gasteiger partial charge in [0.25, 0.3) is 0 Å². The zero-order valence-corrected chi connectivity index (χ0v) is 11.7. The number of halogens is 1. The standard InChI is InChI=1S/C13H16BrNO3/c1-9(7-11(16)12-3-2-6-17-12)15-8-10-4-5-13(14)18-10/h2-6,9,11,15-16H,7-8H2,1H3. The molecule has 2 N–H and O–H groups in total. The van der Waals surface area contributed by atoms with Crippen molar-refractivity contribution in [1.29, 1.82) is 0 Å². The van der Waals surface area contributed by atoms with Gasteiger partial charge in [-0.1, -0.05) is 0 Å². The Kier molecular flexibility index (Phi) is 4.63. The van der Waals surface area contributed by atoms with E-state index in [1.54, 1.807) is 18.4 Å². The zero-order chi connectivity index (χ0) is 13.0. The largest absolute Gasteiger partial charge is 0.467 e. The van der Waals surface area contributed by atoms with Crippen LogP contribution in [0.4, 0.5) is 0 Å². The van der Waals surface area contributed by atoms with Crippen LogP contribution in [0.15, 0.2) is 44.0 Å². The van der Waals surface area contributed by atoms with Crippen LogP contribution in [0.2, 0.25) is 0 Å². The van der Waals surface area contributed by atoms with Crippen molar-refractivity contribution in [2.75, 3.05) is 0 Å². The third kappa shape index (κ3) is 3.73.